The zero-order valence-electron chi connectivity index (χ0n) is 17.6. The molecule has 0 saturated heterocycles. The fourth-order valence-corrected chi connectivity index (χ4v) is 3.53. The Morgan fingerprint density at radius 2 is 1.07 bits per heavy atom. The molecule has 5 nitrogen and oxygen atoms in total. The molecule has 0 radical (unpaired) electrons. The number of aromatic amines is 2. The first-order chi connectivity index (χ1) is 14.2. The monoisotopic (exact) mass is 504 g/mol. The van der Waals surface area contributed by atoms with E-state index in [1.54, 1.807) is 0 Å². The summed E-state index contributed by atoms with van der Waals surface area (Å²) in [4.78, 5) is 18.8. The van der Waals surface area contributed by atoms with E-state index in [9.17, 15) is 0 Å². The van der Waals surface area contributed by atoms with Gasteiger partial charge in [0.15, 0.2) is 0 Å². The van der Waals surface area contributed by atoms with E-state index >= 15 is 0 Å². The Hall–Kier alpha value is -1.26. The molecule has 0 aliphatic rings. The summed E-state index contributed by atoms with van der Waals surface area (Å²) in [6.07, 6.45) is 0. The van der Waals surface area contributed by atoms with Gasteiger partial charge in [-0.1, -0.05) is 24.3 Å². The van der Waals surface area contributed by atoms with E-state index in [0.29, 0.717) is 0 Å². The number of fused-ring (bicyclic) bond motifs is 2. The van der Waals surface area contributed by atoms with Gasteiger partial charge >= 0.3 is 41.5 Å². The standard InChI is InChI=1S/C21H25N5.3ClH.Cr/c1-12-6-7-13(2)19-18(12)22-16(23-19)10-26(5)11-17-24-20-14(3)8-9-15(4)21(20)25-17;;;;/h6-9H,10-11H2,1-5H3,(H,22,23)(H,24,25);3*1H;/q;;;;+4/p-3. The molecule has 30 heavy (non-hydrogen) atoms. The Morgan fingerprint density at radius 3 is 1.40 bits per heavy atom. The minimum atomic E-state index is -1.62. The van der Waals surface area contributed by atoms with Crippen molar-refractivity contribution in [1.29, 1.82) is 0 Å². The summed E-state index contributed by atoms with van der Waals surface area (Å²) in [5.41, 5.74) is 9.31. The molecule has 2 N–H and O–H groups in total. The van der Waals surface area contributed by atoms with Gasteiger partial charge in [0.1, 0.15) is 11.6 Å². The van der Waals surface area contributed by atoms with Crippen molar-refractivity contribution >= 4 is 52.2 Å². The van der Waals surface area contributed by atoms with Crippen LogP contribution in [0, 0.1) is 27.7 Å². The van der Waals surface area contributed by atoms with Gasteiger partial charge in [-0.25, -0.2) is 9.97 Å². The van der Waals surface area contributed by atoms with Crippen molar-refractivity contribution in [3.05, 3.63) is 58.2 Å². The van der Waals surface area contributed by atoms with Crippen LogP contribution in [0.2, 0.25) is 0 Å². The van der Waals surface area contributed by atoms with Gasteiger partial charge in [-0.2, -0.15) is 0 Å². The number of halogens is 3. The summed E-state index contributed by atoms with van der Waals surface area (Å²) < 4.78 is 0. The number of nitrogens with zero attached hydrogens (tertiary/aromatic N) is 3. The predicted octanol–water partition coefficient (Wildman–Crippen LogP) is 6.37. The summed E-state index contributed by atoms with van der Waals surface area (Å²) in [5.74, 6) is 1.98. The van der Waals surface area contributed by atoms with Crippen molar-refractivity contribution in [2.75, 3.05) is 7.05 Å². The van der Waals surface area contributed by atoms with Crippen molar-refractivity contribution in [2.24, 2.45) is 0 Å². The number of aromatic nitrogens is 4. The molecular weight excluding hydrogens is 481 g/mol. The Kier molecular flexibility index (Phi) is 7.73. The zero-order chi connectivity index (χ0) is 22.0. The molecule has 160 valence electrons. The number of nitrogens with one attached hydrogen (secondary N) is 2. The molecule has 9 heteroatoms. The van der Waals surface area contributed by atoms with Crippen molar-refractivity contribution in [2.45, 2.75) is 40.8 Å². The van der Waals surface area contributed by atoms with E-state index in [0.717, 1.165) is 46.8 Å². The number of imidazole rings is 2. The molecule has 2 aromatic carbocycles. The number of aryl methyl sites for hydroxylation is 4. The molecule has 0 aliphatic heterocycles. The second-order valence-corrected chi connectivity index (χ2v) is 13.9. The fourth-order valence-electron chi connectivity index (χ4n) is 3.53. The molecule has 0 atom stereocenters. The quantitative estimate of drug-likeness (QED) is 0.339. The van der Waals surface area contributed by atoms with Crippen LogP contribution in [0.4, 0.5) is 0 Å². The van der Waals surface area contributed by atoms with Crippen LogP contribution in [0.5, 0.6) is 0 Å². The van der Waals surface area contributed by atoms with Gasteiger partial charge in [0.05, 0.1) is 35.2 Å². The number of hydrogen-bond donors (Lipinski definition) is 2. The molecule has 0 unspecified atom stereocenters. The van der Waals surface area contributed by atoms with Crippen LogP contribution in [0.1, 0.15) is 33.9 Å². The molecule has 0 fully saturated rings. The van der Waals surface area contributed by atoms with Crippen LogP contribution >= 0.6 is 30.1 Å². The molecule has 4 aromatic rings. The average Bonchev–Trinajstić information content (AvgIpc) is 3.27. The summed E-state index contributed by atoms with van der Waals surface area (Å²) >= 11 is -1.62. The van der Waals surface area contributed by atoms with E-state index in [2.05, 4.69) is 73.9 Å². The van der Waals surface area contributed by atoms with Crippen molar-refractivity contribution in [1.82, 2.24) is 24.8 Å². The van der Waals surface area contributed by atoms with Crippen LogP contribution in [0.25, 0.3) is 22.1 Å². The number of benzene rings is 2. The third-order valence-corrected chi connectivity index (χ3v) is 5.05. The SMILES string of the molecule is Cc1ccc(C)c2[nH]c(CN(C)Cc3nc4c(C)ccc(C)c4[nH]3)nc12.[Cl][Cr+]([Cl])[Cl]. The van der Waals surface area contributed by atoms with Crippen LogP contribution < -0.4 is 0 Å². The number of hydrogen-bond acceptors (Lipinski definition) is 3. The molecular formula is C21H25Cl3CrN5+. The van der Waals surface area contributed by atoms with Gasteiger partial charge in [0, 0.05) is 0 Å². The average molecular weight is 506 g/mol. The van der Waals surface area contributed by atoms with Crippen LogP contribution in [0.3, 0.4) is 0 Å². The van der Waals surface area contributed by atoms with Gasteiger partial charge in [0.25, 0.3) is 0 Å². The van der Waals surface area contributed by atoms with Crippen molar-refractivity contribution in [3.63, 3.8) is 0 Å². The molecule has 0 spiro atoms. The second kappa shape index (κ2) is 9.91. The van der Waals surface area contributed by atoms with Crippen molar-refractivity contribution < 1.29 is 11.4 Å². The molecule has 0 amide bonds. The molecule has 4 rings (SSSR count). The Morgan fingerprint density at radius 1 is 0.733 bits per heavy atom. The molecule has 2 aromatic heterocycles. The Labute approximate surface area is 193 Å². The van der Waals surface area contributed by atoms with Gasteiger partial charge in [-0.15, -0.1) is 0 Å². The van der Waals surface area contributed by atoms with Gasteiger partial charge < -0.3 is 9.97 Å². The molecule has 0 bridgehead atoms. The summed E-state index contributed by atoms with van der Waals surface area (Å²) in [6.45, 7) is 9.95. The van der Waals surface area contributed by atoms with Gasteiger partial charge in [-0.05, 0) is 57.0 Å². The first-order valence-corrected chi connectivity index (χ1v) is 14.7. The van der Waals surface area contributed by atoms with Crippen LogP contribution in [-0.2, 0) is 24.5 Å². The van der Waals surface area contributed by atoms with Crippen molar-refractivity contribution in [3.8, 4) is 0 Å². The van der Waals surface area contributed by atoms with E-state index in [1.807, 2.05) is 0 Å². The first-order valence-electron chi connectivity index (χ1n) is 9.47. The van der Waals surface area contributed by atoms with Gasteiger partial charge in [-0.3, -0.25) is 4.90 Å². The number of rotatable bonds is 4. The molecule has 2 heterocycles. The minimum absolute atomic E-state index is 0.753. The maximum atomic E-state index is 4.93. The summed E-state index contributed by atoms with van der Waals surface area (Å²) in [7, 11) is 16.9. The van der Waals surface area contributed by atoms with E-state index in [4.69, 9.17) is 40.1 Å². The maximum absolute atomic E-state index is 4.93. The third-order valence-electron chi connectivity index (χ3n) is 5.05. The summed E-state index contributed by atoms with van der Waals surface area (Å²) in [6, 6.07) is 8.54. The first kappa shape index (κ1) is 23.4. The number of H-pyrrole nitrogens is 2. The third kappa shape index (κ3) is 5.50. The van der Waals surface area contributed by atoms with E-state index < -0.39 is 11.4 Å². The molecule has 0 saturated carbocycles. The normalized spacial score (nSPS) is 11.5. The second-order valence-electron chi connectivity index (χ2n) is 7.56. The van der Waals surface area contributed by atoms with E-state index in [1.165, 1.54) is 22.3 Å². The Bertz CT molecular complexity index is 1000. The molecule has 0 aliphatic carbocycles. The van der Waals surface area contributed by atoms with E-state index in [-0.39, 0.29) is 0 Å². The zero-order valence-corrected chi connectivity index (χ0v) is 21.2. The topological polar surface area (TPSA) is 60.6 Å². The summed E-state index contributed by atoms with van der Waals surface area (Å²) in [5, 5.41) is 0. The predicted molar refractivity (Wildman–Crippen MR) is 124 cm³/mol. The van der Waals surface area contributed by atoms with Crippen LogP contribution in [-0.4, -0.2) is 31.9 Å². The van der Waals surface area contributed by atoms with Gasteiger partial charge in [0.2, 0.25) is 0 Å². The Balaban J connectivity index is 0.000000589. The van der Waals surface area contributed by atoms with Crippen LogP contribution in [0.15, 0.2) is 24.3 Å². The fraction of sp³-hybridized carbons (Fsp3) is 0.333.